The zero-order chi connectivity index (χ0) is 15.7. The van der Waals surface area contributed by atoms with E-state index in [2.05, 4.69) is 0 Å². The van der Waals surface area contributed by atoms with Crippen LogP contribution in [0.3, 0.4) is 0 Å². The number of carbonyl (C=O) groups excluding carboxylic acids is 2. The van der Waals surface area contributed by atoms with E-state index in [0.29, 0.717) is 19.3 Å². The largest absolute Gasteiger partial charge is 0.497 e. The molecule has 1 radical (unpaired) electrons. The smallest absolute Gasteiger partial charge is 0.323 e. The fourth-order valence-corrected chi connectivity index (χ4v) is 1.72. The van der Waals surface area contributed by atoms with E-state index in [4.69, 9.17) is 20.9 Å². The fourth-order valence-electron chi connectivity index (χ4n) is 1.72. The summed E-state index contributed by atoms with van der Waals surface area (Å²) in [4.78, 5) is 21.9. The maximum atomic E-state index is 11.7. The van der Waals surface area contributed by atoms with Crippen molar-refractivity contribution in [2.75, 3.05) is 7.11 Å². The van der Waals surface area contributed by atoms with E-state index in [1.807, 2.05) is 12.1 Å². The average molecular weight is 293 g/mol. The lowest BCUT2D eigenvalue weighted by molar-refractivity contribution is -0.146. The van der Waals surface area contributed by atoms with Crippen molar-refractivity contribution in [2.45, 2.75) is 38.0 Å². The minimum Gasteiger partial charge on any atom is -0.497 e. The van der Waals surface area contributed by atoms with Crippen LogP contribution in [-0.4, -0.2) is 31.4 Å². The standard InChI is InChI=1S/C15H21N2O4/c1-20-13-7-5-11(6-8-13)10-21-15(19)14(17)4-2-3-12(16)9-18/h5-8,12,14H,2-4,10,16-17H2,1H3/t12-,14?/m0/s1. The highest BCUT2D eigenvalue weighted by Crippen LogP contribution is 2.12. The van der Waals surface area contributed by atoms with Gasteiger partial charge in [-0.25, -0.2) is 0 Å². The van der Waals surface area contributed by atoms with E-state index in [0.717, 1.165) is 11.3 Å². The first kappa shape index (κ1) is 17.1. The molecule has 0 bridgehead atoms. The summed E-state index contributed by atoms with van der Waals surface area (Å²) in [6, 6.07) is 5.89. The second-order valence-corrected chi connectivity index (χ2v) is 4.72. The van der Waals surface area contributed by atoms with Gasteiger partial charge in [0.15, 0.2) is 0 Å². The first-order valence-electron chi connectivity index (χ1n) is 6.75. The number of hydrogen-bond donors (Lipinski definition) is 2. The number of nitrogens with two attached hydrogens (primary N) is 2. The minimum absolute atomic E-state index is 0.165. The summed E-state index contributed by atoms with van der Waals surface area (Å²) < 4.78 is 10.2. The maximum Gasteiger partial charge on any atom is 0.323 e. The lowest BCUT2D eigenvalue weighted by atomic mass is 10.1. The molecule has 6 heteroatoms. The molecular formula is C15H21N2O4. The monoisotopic (exact) mass is 293 g/mol. The molecule has 6 nitrogen and oxygen atoms in total. The van der Waals surface area contributed by atoms with Gasteiger partial charge in [0, 0.05) is 0 Å². The van der Waals surface area contributed by atoms with Crippen LogP contribution in [0.5, 0.6) is 5.75 Å². The molecule has 1 rings (SSSR count). The Kier molecular flexibility index (Phi) is 7.42. The van der Waals surface area contributed by atoms with E-state index >= 15 is 0 Å². The van der Waals surface area contributed by atoms with Gasteiger partial charge >= 0.3 is 5.97 Å². The number of benzene rings is 1. The summed E-state index contributed by atoms with van der Waals surface area (Å²) in [5, 5.41) is 0. The van der Waals surface area contributed by atoms with Crippen LogP contribution in [0.2, 0.25) is 0 Å². The Hall–Kier alpha value is -1.92. The predicted molar refractivity (Wildman–Crippen MR) is 78.3 cm³/mol. The molecule has 0 aliphatic rings. The molecule has 2 atom stereocenters. The van der Waals surface area contributed by atoms with Crippen molar-refractivity contribution in [3.63, 3.8) is 0 Å². The van der Waals surface area contributed by atoms with Crippen molar-refractivity contribution >= 4 is 12.3 Å². The molecule has 21 heavy (non-hydrogen) atoms. The Morgan fingerprint density at radius 1 is 1.24 bits per heavy atom. The molecule has 0 aromatic heterocycles. The molecule has 0 heterocycles. The SMILES string of the molecule is COc1ccc(COC(=O)C(N)CCC[C@H](N)[C]=O)cc1. The number of carbonyl (C=O) groups is 1. The number of ether oxygens (including phenoxy) is 2. The molecule has 0 fully saturated rings. The Bertz CT molecular complexity index is 447. The second kappa shape index (κ2) is 9.10. The zero-order valence-corrected chi connectivity index (χ0v) is 12.1. The van der Waals surface area contributed by atoms with Crippen LogP contribution in [0.4, 0.5) is 0 Å². The van der Waals surface area contributed by atoms with Crippen molar-refractivity contribution in [3.05, 3.63) is 29.8 Å². The van der Waals surface area contributed by atoms with Crippen LogP contribution in [0.25, 0.3) is 0 Å². The quantitative estimate of drug-likeness (QED) is 0.648. The van der Waals surface area contributed by atoms with Crippen LogP contribution in [0.15, 0.2) is 24.3 Å². The summed E-state index contributed by atoms with van der Waals surface area (Å²) in [5.41, 5.74) is 12.0. The first-order chi connectivity index (χ1) is 10.1. The molecular weight excluding hydrogens is 272 g/mol. The lowest BCUT2D eigenvalue weighted by Gasteiger charge is -2.12. The van der Waals surface area contributed by atoms with Gasteiger partial charge in [0.2, 0.25) is 6.29 Å². The highest BCUT2D eigenvalue weighted by molar-refractivity contribution is 5.75. The van der Waals surface area contributed by atoms with Gasteiger partial charge in [-0.05, 0) is 37.0 Å². The van der Waals surface area contributed by atoms with Gasteiger partial charge in [-0.1, -0.05) is 12.1 Å². The number of esters is 1. The predicted octanol–water partition coefficient (Wildman–Crippen LogP) is 0.673. The molecule has 1 aromatic rings. The van der Waals surface area contributed by atoms with E-state index in [-0.39, 0.29) is 6.61 Å². The first-order valence-corrected chi connectivity index (χ1v) is 6.75. The van der Waals surface area contributed by atoms with Crippen LogP contribution >= 0.6 is 0 Å². The summed E-state index contributed by atoms with van der Waals surface area (Å²) in [5.74, 6) is 0.277. The van der Waals surface area contributed by atoms with Gasteiger partial charge in [-0.3, -0.25) is 9.59 Å². The Balaban J connectivity index is 2.29. The molecule has 115 valence electrons. The van der Waals surface area contributed by atoms with E-state index in [1.165, 1.54) is 0 Å². The Morgan fingerprint density at radius 3 is 2.48 bits per heavy atom. The summed E-state index contributed by atoms with van der Waals surface area (Å²) in [6.07, 6.45) is 3.15. The van der Waals surface area contributed by atoms with Crippen LogP contribution in [-0.2, 0) is 20.9 Å². The van der Waals surface area contributed by atoms with E-state index in [9.17, 15) is 9.59 Å². The third-order valence-corrected chi connectivity index (χ3v) is 3.02. The molecule has 4 N–H and O–H groups in total. The van der Waals surface area contributed by atoms with Crippen molar-refractivity contribution in [3.8, 4) is 5.75 Å². The summed E-state index contributed by atoms with van der Waals surface area (Å²) >= 11 is 0. The van der Waals surface area contributed by atoms with Gasteiger partial charge in [0.25, 0.3) is 0 Å². The van der Waals surface area contributed by atoms with Gasteiger partial charge in [-0.2, -0.15) is 0 Å². The Labute approximate surface area is 124 Å². The van der Waals surface area contributed by atoms with Gasteiger partial charge in [0.05, 0.1) is 13.2 Å². The normalized spacial score (nSPS) is 13.3. The number of methoxy groups -OCH3 is 1. The number of hydrogen-bond acceptors (Lipinski definition) is 6. The molecule has 1 aromatic carbocycles. The van der Waals surface area contributed by atoms with Gasteiger partial charge < -0.3 is 20.9 Å². The van der Waals surface area contributed by atoms with Crippen molar-refractivity contribution in [1.82, 2.24) is 0 Å². The zero-order valence-electron chi connectivity index (χ0n) is 12.1. The third-order valence-electron chi connectivity index (χ3n) is 3.02. The van der Waals surface area contributed by atoms with Crippen LogP contribution in [0.1, 0.15) is 24.8 Å². The highest BCUT2D eigenvalue weighted by Gasteiger charge is 2.15. The van der Waals surface area contributed by atoms with E-state index < -0.39 is 18.1 Å². The maximum absolute atomic E-state index is 11.7. The second-order valence-electron chi connectivity index (χ2n) is 4.72. The van der Waals surface area contributed by atoms with Gasteiger partial charge in [0.1, 0.15) is 18.4 Å². The van der Waals surface area contributed by atoms with Crippen molar-refractivity contribution in [1.29, 1.82) is 0 Å². The molecule has 0 saturated heterocycles. The third kappa shape index (κ3) is 6.37. The molecule has 0 aliphatic carbocycles. The average Bonchev–Trinajstić information content (AvgIpc) is 2.52. The van der Waals surface area contributed by atoms with Crippen molar-refractivity contribution < 1.29 is 19.1 Å². The summed E-state index contributed by atoms with van der Waals surface area (Å²) in [6.45, 7) is 0.165. The van der Waals surface area contributed by atoms with Gasteiger partial charge in [-0.15, -0.1) is 0 Å². The molecule has 0 spiro atoms. The van der Waals surface area contributed by atoms with Crippen LogP contribution in [0, 0.1) is 0 Å². The molecule has 0 saturated carbocycles. The molecule has 1 unspecified atom stereocenters. The molecule has 0 amide bonds. The lowest BCUT2D eigenvalue weighted by Crippen LogP contribution is -2.32. The Morgan fingerprint density at radius 2 is 1.90 bits per heavy atom. The summed E-state index contributed by atoms with van der Waals surface area (Å²) in [7, 11) is 1.59. The highest BCUT2D eigenvalue weighted by atomic mass is 16.5. The minimum atomic E-state index is -0.706. The number of rotatable bonds is 9. The topological polar surface area (TPSA) is 105 Å². The van der Waals surface area contributed by atoms with Crippen LogP contribution < -0.4 is 16.2 Å². The fraction of sp³-hybridized carbons (Fsp3) is 0.467. The molecule has 0 aliphatic heterocycles. The van der Waals surface area contributed by atoms with E-state index in [1.54, 1.807) is 25.5 Å². The van der Waals surface area contributed by atoms with Crippen molar-refractivity contribution in [2.24, 2.45) is 11.5 Å².